The van der Waals surface area contributed by atoms with Gasteiger partial charge in [0.1, 0.15) is 0 Å². The molecule has 3 aliphatic rings. The number of amides is 1. The summed E-state index contributed by atoms with van der Waals surface area (Å²) in [6.45, 7) is 6.86. The molecule has 0 aliphatic carbocycles. The lowest BCUT2D eigenvalue weighted by Gasteiger charge is -2.44. The van der Waals surface area contributed by atoms with Gasteiger partial charge >= 0.3 is 0 Å². The summed E-state index contributed by atoms with van der Waals surface area (Å²) < 4.78 is 0. The van der Waals surface area contributed by atoms with E-state index in [9.17, 15) is 4.79 Å². The van der Waals surface area contributed by atoms with Gasteiger partial charge in [0.2, 0.25) is 5.91 Å². The molecule has 0 radical (unpaired) electrons. The molecule has 0 spiro atoms. The van der Waals surface area contributed by atoms with Gasteiger partial charge in [0.05, 0.1) is 0 Å². The zero-order valence-corrected chi connectivity index (χ0v) is 15.3. The van der Waals surface area contributed by atoms with Crippen molar-refractivity contribution in [3.05, 3.63) is 29.8 Å². The molecule has 0 aromatic heterocycles. The third-order valence-electron chi connectivity index (χ3n) is 6.20. The van der Waals surface area contributed by atoms with E-state index in [1.807, 2.05) is 11.0 Å². The number of anilines is 1. The average Bonchev–Trinajstić information content (AvgIpc) is 2.67. The highest BCUT2D eigenvalue weighted by Gasteiger charge is 2.28. The lowest BCUT2D eigenvalue weighted by molar-refractivity contribution is -0.118. The second-order valence-electron chi connectivity index (χ2n) is 7.87. The van der Waals surface area contributed by atoms with E-state index in [1.54, 1.807) is 0 Å². The first-order valence-electron chi connectivity index (χ1n) is 10.2. The first-order valence-corrected chi connectivity index (χ1v) is 10.2. The van der Waals surface area contributed by atoms with E-state index in [1.165, 1.54) is 51.0 Å². The molecule has 2 fully saturated rings. The molecule has 1 aromatic rings. The van der Waals surface area contributed by atoms with Crippen LogP contribution in [0.2, 0.25) is 0 Å². The average molecular weight is 341 g/mol. The Morgan fingerprint density at radius 1 is 1.04 bits per heavy atom. The van der Waals surface area contributed by atoms with Crippen LogP contribution in [0, 0.1) is 0 Å². The van der Waals surface area contributed by atoms with Crippen molar-refractivity contribution in [2.24, 2.45) is 0 Å². The topological polar surface area (TPSA) is 26.8 Å². The molecule has 4 rings (SSSR count). The number of aryl methyl sites for hydroxylation is 1. The largest absolute Gasteiger partial charge is 0.312 e. The zero-order chi connectivity index (χ0) is 17.1. The number of piperazine rings is 1. The number of carbonyl (C=O) groups excluding carboxylic acids is 1. The summed E-state index contributed by atoms with van der Waals surface area (Å²) in [5.74, 6) is 0.309. The number of carbonyl (C=O) groups is 1. The molecule has 0 bridgehead atoms. The quantitative estimate of drug-likeness (QED) is 0.842. The van der Waals surface area contributed by atoms with E-state index in [4.69, 9.17) is 0 Å². The second kappa shape index (κ2) is 7.88. The van der Waals surface area contributed by atoms with Crippen LogP contribution in [0.15, 0.2) is 24.3 Å². The minimum absolute atomic E-state index is 0.309. The van der Waals surface area contributed by atoms with Gasteiger partial charge < -0.3 is 9.80 Å². The Kier molecular flexibility index (Phi) is 5.37. The minimum atomic E-state index is 0.309. The summed E-state index contributed by atoms with van der Waals surface area (Å²) in [7, 11) is 0. The summed E-state index contributed by atoms with van der Waals surface area (Å²) in [6.07, 6.45) is 7.99. The van der Waals surface area contributed by atoms with E-state index in [0.717, 1.165) is 44.1 Å². The Balaban J connectivity index is 1.26. The number of hydrogen-bond acceptors (Lipinski definition) is 3. The van der Waals surface area contributed by atoms with Gasteiger partial charge in [-0.15, -0.1) is 0 Å². The fourth-order valence-electron chi connectivity index (χ4n) is 4.80. The van der Waals surface area contributed by atoms with Crippen LogP contribution in [-0.4, -0.2) is 61.0 Å². The van der Waals surface area contributed by atoms with Gasteiger partial charge in [-0.25, -0.2) is 0 Å². The number of rotatable bonds is 4. The number of nitrogens with zero attached hydrogens (tertiary/aromatic N) is 3. The van der Waals surface area contributed by atoms with Crippen molar-refractivity contribution in [1.29, 1.82) is 0 Å². The molecule has 0 saturated carbocycles. The number of fused-ring (bicyclic) bond motifs is 2. The highest BCUT2D eigenvalue weighted by Crippen LogP contribution is 2.27. The fourth-order valence-corrected chi connectivity index (χ4v) is 4.80. The molecule has 1 atom stereocenters. The molecular formula is C21H31N3O. The molecule has 3 aliphatic heterocycles. The Morgan fingerprint density at radius 2 is 1.96 bits per heavy atom. The molecule has 3 heterocycles. The Labute approximate surface area is 151 Å². The van der Waals surface area contributed by atoms with Crippen LogP contribution in [0.4, 0.5) is 5.69 Å². The Bertz CT molecular complexity index is 603. The van der Waals surface area contributed by atoms with E-state index in [2.05, 4.69) is 28.0 Å². The lowest BCUT2D eigenvalue weighted by atomic mass is 9.99. The van der Waals surface area contributed by atoms with Gasteiger partial charge in [0.25, 0.3) is 0 Å². The lowest BCUT2D eigenvalue weighted by Crippen LogP contribution is -2.54. The van der Waals surface area contributed by atoms with Gasteiger partial charge in [-0.2, -0.15) is 0 Å². The SMILES string of the molecule is O=C(CCCN1CCN2CCCCC2C1)N1CCCc2ccccc21. The molecule has 4 heteroatoms. The molecule has 1 unspecified atom stereocenters. The molecule has 1 amide bonds. The van der Waals surface area contributed by atoms with E-state index < -0.39 is 0 Å². The third kappa shape index (κ3) is 3.90. The predicted molar refractivity (Wildman–Crippen MR) is 102 cm³/mol. The van der Waals surface area contributed by atoms with Crippen molar-refractivity contribution in [2.45, 2.75) is 51.0 Å². The van der Waals surface area contributed by atoms with E-state index in [-0.39, 0.29) is 0 Å². The summed E-state index contributed by atoms with van der Waals surface area (Å²) in [5, 5.41) is 0. The molecule has 1 aromatic carbocycles. The van der Waals surface area contributed by atoms with Crippen molar-refractivity contribution < 1.29 is 4.79 Å². The van der Waals surface area contributed by atoms with Crippen molar-refractivity contribution >= 4 is 11.6 Å². The third-order valence-corrected chi connectivity index (χ3v) is 6.20. The van der Waals surface area contributed by atoms with Crippen molar-refractivity contribution in [3.8, 4) is 0 Å². The van der Waals surface area contributed by atoms with Gasteiger partial charge in [0, 0.05) is 44.3 Å². The zero-order valence-electron chi connectivity index (χ0n) is 15.3. The van der Waals surface area contributed by atoms with Crippen molar-refractivity contribution in [3.63, 3.8) is 0 Å². The van der Waals surface area contributed by atoms with Crippen molar-refractivity contribution in [1.82, 2.24) is 9.80 Å². The first kappa shape index (κ1) is 17.0. The summed E-state index contributed by atoms with van der Waals surface area (Å²) in [6, 6.07) is 9.17. The summed E-state index contributed by atoms with van der Waals surface area (Å²) >= 11 is 0. The standard InChI is InChI=1S/C21H31N3O/c25-21(24-14-5-8-18-7-1-2-10-20(18)24)11-6-12-22-15-16-23-13-4-3-9-19(23)17-22/h1-2,7,10,19H,3-6,8-9,11-17H2. The maximum Gasteiger partial charge on any atom is 0.227 e. The Hall–Kier alpha value is -1.39. The number of para-hydroxylation sites is 1. The highest BCUT2D eigenvalue weighted by atomic mass is 16.2. The molecule has 4 nitrogen and oxygen atoms in total. The number of hydrogen-bond donors (Lipinski definition) is 0. The van der Waals surface area contributed by atoms with Crippen molar-refractivity contribution in [2.75, 3.05) is 44.2 Å². The van der Waals surface area contributed by atoms with Gasteiger partial charge in [-0.1, -0.05) is 24.6 Å². The van der Waals surface area contributed by atoms with E-state index >= 15 is 0 Å². The molecular weight excluding hydrogens is 310 g/mol. The van der Waals surface area contributed by atoms with E-state index in [0.29, 0.717) is 12.3 Å². The van der Waals surface area contributed by atoms with Gasteiger partial charge in [-0.05, 0) is 56.8 Å². The minimum Gasteiger partial charge on any atom is -0.312 e. The van der Waals surface area contributed by atoms with Gasteiger partial charge in [0.15, 0.2) is 0 Å². The summed E-state index contributed by atoms with van der Waals surface area (Å²) in [5.41, 5.74) is 2.48. The summed E-state index contributed by atoms with van der Waals surface area (Å²) in [4.78, 5) is 20.0. The van der Waals surface area contributed by atoms with Gasteiger partial charge in [-0.3, -0.25) is 9.69 Å². The van der Waals surface area contributed by atoms with Crippen LogP contribution in [0.3, 0.4) is 0 Å². The van der Waals surface area contributed by atoms with Crippen LogP contribution in [0.5, 0.6) is 0 Å². The van der Waals surface area contributed by atoms with Crippen LogP contribution in [0.1, 0.15) is 44.1 Å². The first-order chi connectivity index (χ1) is 12.3. The van der Waals surface area contributed by atoms with Crippen LogP contribution >= 0.6 is 0 Å². The highest BCUT2D eigenvalue weighted by molar-refractivity contribution is 5.94. The fraction of sp³-hybridized carbons (Fsp3) is 0.667. The Morgan fingerprint density at radius 3 is 2.92 bits per heavy atom. The molecule has 25 heavy (non-hydrogen) atoms. The molecule has 136 valence electrons. The smallest absolute Gasteiger partial charge is 0.227 e. The van der Waals surface area contributed by atoms with Crippen LogP contribution in [0.25, 0.3) is 0 Å². The number of piperidine rings is 1. The maximum atomic E-state index is 12.7. The molecule has 0 N–H and O–H groups in total. The normalized spacial score (nSPS) is 24.6. The molecule has 2 saturated heterocycles. The maximum absolute atomic E-state index is 12.7. The predicted octanol–water partition coefficient (Wildman–Crippen LogP) is 2.92. The number of benzene rings is 1. The van der Waals surface area contributed by atoms with Crippen LogP contribution < -0.4 is 4.90 Å². The van der Waals surface area contributed by atoms with Crippen LogP contribution in [-0.2, 0) is 11.2 Å². The second-order valence-corrected chi connectivity index (χ2v) is 7.87. The monoisotopic (exact) mass is 341 g/mol.